The Morgan fingerprint density at radius 1 is 0.460 bits per heavy atom. The van der Waals surface area contributed by atoms with E-state index in [0.29, 0.717) is 0 Å². The zero-order valence-corrected chi connectivity index (χ0v) is 34.9. The van der Waals surface area contributed by atoms with Crippen molar-refractivity contribution in [3.8, 4) is 0 Å². The van der Waals surface area contributed by atoms with Crippen LogP contribution in [0.15, 0.2) is 12.1 Å². The molecule has 0 aliphatic carbocycles. The van der Waals surface area contributed by atoms with Gasteiger partial charge in [0, 0.05) is 27.6 Å². The molecule has 0 fully saturated rings. The molecule has 0 spiro atoms. The molecule has 2 aliphatic rings. The molecule has 270 valence electrons. The molecule has 2 aliphatic heterocycles. The van der Waals surface area contributed by atoms with Crippen LogP contribution in [0, 0.1) is 0 Å². The summed E-state index contributed by atoms with van der Waals surface area (Å²) in [5.74, 6) is 0. The van der Waals surface area contributed by atoms with Crippen LogP contribution in [0.25, 0.3) is 44.4 Å². The molecule has 5 rings (SSSR count). The second kappa shape index (κ2) is 17.7. The monoisotopic (exact) mass is 786 g/mol. The van der Waals surface area contributed by atoms with Gasteiger partial charge in [-0.25, -0.2) is 9.97 Å². The second-order valence-corrected chi connectivity index (χ2v) is 15.1. The van der Waals surface area contributed by atoms with Gasteiger partial charge >= 0.3 is 0 Å². The largest absolute Gasteiger partial charge is 0.355 e. The molecular weight excluding hydrogens is 723 g/mol. The van der Waals surface area contributed by atoms with E-state index < -0.39 is 0 Å². The Morgan fingerprint density at radius 3 is 1.28 bits per heavy atom. The molecule has 2 N–H and O–H groups in total. The van der Waals surface area contributed by atoms with Crippen LogP contribution in [0.4, 0.5) is 0 Å². The highest BCUT2D eigenvalue weighted by atomic mass is 127. The van der Waals surface area contributed by atoms with Crippen molar-refractivity contribution in [2.75, 3.05) is 4.43 Å². The van der Waals surface area contributed by atoms with Gasteiger partial charge in [0.15, 0.2) is 0 Å². The molecule has 0 atom stereocenters. The lowest BCUT2D eigenvalue weighted by Crippen LogP contribution is -2.00. The average Bonchev–Trinajstić information content (AvgIpc) is 3.87. The van der Waals surface area contributed by atoms with Crippen molar-refractivity contribution in [2.45, 2.75) is 159 Å². The first kappa shape index (κ1) is 38.6. The molecule has 5 heteroatoms. The Labute approximate surface area is 316 Å². The van der Waals surface area contributed by atoms with Gasteiger partial charge in [0.05, 0.1) is 22.8 Å². The third-order valence-electron chi connectivity index (χ3n) is 11.3. The number of alkyl halides is 1. The van der Waals surface area contributed by atoms with E-state index in [1.165, 1.54) is 115 Å². The molecule has 3 aromatic rings. The number of aromatic amines is 2. The van der Waals surface area contributed by atoms with Gasteiger partial charge in [0.25, 0.3) is 0 Å². The maximum absolute atomic E-state index is 5.62. The number of aromatic nitrogens is 4. The van der Waals surface area contributed by atoms with Gasteiger partial charge in [0.2, 0.25) is 0 Å². The number of rotatable bonds is 16. The molecule has 0 radical (unpaired) electrons. The van der Waals surface area contributed by atoms with Crippen molar-refractivity contribution in [2.24, 2.45) is 0 Å². The van der Waals surface area contributed by atoms with Crippen molar-refractivity contribution >= 4 is 67.0 Å². The standard InChI is InChI=1S/C45H63IN4/c1-10-19-20-21-23-36-42-32(15-6)28(11-2)38(47-42)26-40-30(13-4)34(17-8)44(49-40)37(24-22-25-46)45-35(18-9)31(14-5)41(50-45)27-39-29(12-3)33(16-7)43(36)48-39/h26-27,47-48H,10-25H2,1-9H3. The van der Waals surface area contributed by atoms with Gasteiger partial charge in [-0.3, -0.25) is 0 Å². The fourth-order valence-corrected chi connectivity index (χ4v) is 9.29. The number of fused-ring (bicyclic) bond motifs is 8. The fraction of sp³-hybridized carbons (Fsp3) is 0.556. The van der Waals surface area contributed by atoms with Crippen LogP contribution in [-0.2, 0) is 38.5 Å². The predicted molar refractivity (Wildman–Crippen MR) is 228 cm³/mol. The molecule has 5 heterocycles. The van der Waals surface area contributed by atoms with E-state index in [9.17, 15) is 0 Å². The van der Waals surface area contributed by atoms with E-state index in [2.05, 4.69) is 107 Å². The van der Waals surface area contributed by atoms with Crippen LogP contribution >= 0.6 is 22.6 Å². The number of aryl methyl sites for hydroxylation is 5. The van der Waals surface area contributed by atoms with Gasteiger partial charge < -0.3 is 9.97 Å². The minimum atomic E-state index is 0.977. The third kappa shape index (κ3) is 7.19. The molecule has 4 nitrogen and oxygen atoms in total. The Morgan fingerprint density at radius 2 is 0.900 bits per heavy atom. The van der Waals surface area contributed by atoms with E-state index in [4.69, 9.17) is 9.97 Å². The first-order valence-corrected chi connectivity index (χ1v) is 21.7. The van der Waals surface area contributed by atoms with Crippen LogP contribution in [0.5, 0.6) is 0 Å². The zero-order valence-electron chi connectivity index (χ0n) is 32.7. The summed E-state index contributed by atoms with van der Waals surface area (Å²) in [4.78, 5) is 19.4. The SMILES string of the molecule is CCCCCCc1c2[nH]c(cc3nc(c(CCCI)c4nc(cc5[nH]c1c(CC)c5CC)C(CC)=C4CC)C(CC)=C3CC)c(CC)c2CC. The zero-order chi connectivity index (χ0) is 35.9. The van der Waals surface area contributed by atoms with Crippen molar-refractivity contribution in [3.05, 3.63) is 68.3 Å². The molecular formula is C45H63IN4. The lowest BCUT2D eigenvalue weighted by molar-refractivity contribution is 0.668. The Kier molecular flexibility index (Phi) is 13.7. The van der Waals surface area contributed by atoms with Crippen LogP contribution in [0.3, 0.4) is 0 Å². The van der Waals surface area contributed by atoms with Crippen LogP contribution < -0.4 is 0 Å². The molecule has 0 saturated heterocycles. The van der Waals surface area contributed by atoms with E-state index >= 15 is 0 Å². The number of unbranched alkanes of at least 4 members (excludes halogenated alkanes) is 3. The summed E-state index contributed by atoms with van der Waals surface area (Å²) in [6.07, 6.45) is 16.1. The Bertz CT molecular complexity index is 1790. The quantitative estimate of drug-likeness (QED) is 0.0863. The van der Waals surface area contributed by atoms with Crippen molar-refractivity contribution < 1.29 is 0 Å². The number of hydrogen-bond donors (Lipinski definition) is 2. The number of nitrogens with one attached hydrogen (secondary N) is 2. The maximum atomic E-state index is 5.62. The highest BCUT2D eigenvalue weighted by Crippen LogP contribution is 2.42. The molecule has 3 aromatic heterocycles. The average molecular weight is 787 g/mol. The lowest BCUT2D eigenvalue weighted by atomic mass is 9.92. The van der Waals surface area contributed by atoms with E-state index in [1.54, 1.807) is 0 Å². The molecule has 0 aromatic carbocycles. The number of H-pyrrole nitrogens is 2. The summed E-state index contributed by atoms with van der Waals surface area (Å²) in [6.45, 7) is 20.9. The summed E-state index contributed by atoms with van der Waals surface area (Å²) >= 11 is 2.54. The molecule has 0 saturated carbocycles. The predicted octanol–water partition coefficient (Wildman–Crippen LogP) is 13.5. The van der Waals surface area contributed by atoms with Crippen LogP contribution in [0.1, 0.15) is 176 Å². The van der Waals surface area contributed by atoms with E-state index in [-0.39, 0.29) is 0 Å². The smallest absolute Gasteiger partial charge is 0.0726 e. The van der Waals surface area contributed by atoms with Gasteiger partial charge in [-0.15, -0.1) is 0 Å². The summed E-state index contributed by atoms with van der Waals surface area (Å²) in [6, 6.07) is 4.82. The van der Waals surface area contributed by atoms with Gasteiger partial charge in [-0.1, -0.05) is 104 Å². The Hall–Kier alpha value is -2.67. The third-order valence-corrected chi connectivity index (χ3v) is 12.1. The van der Waals surface area contributed by atoms with Gasteiger partial charge in [-0.05, 0) is 144 Å². The van der Waals surface area contributed by atoms with E-state index in [1.807, 2.05) is 0 Å². The van der Waals surface area contributed by atoms with Crippen LogP contribution in [0.2, 0.25) is 0 Å². The van der Waals surface area contributed by atoms with Crippen molar-refractivity contribution in [1.29, 1.82) is 0 Å². The Balaban J connectivity index is 2.09. The summed E-state index contributed by atoms with van der Waals surface area (Å²) in [7, 11) is 0. The molecule has 0 unspecified atom stereocenters. The summed E-state index contributed by atoms with van der Waals surface area (Å²) in [5.41, 5.74) is 24.2. The lowest BCUT2D eigenvalue weighted by Gasteiger charge is -2.12. The summed E-state index contributed by atoms with van der Waals surface area (Å²) in [5, 5.41) is 0. The number of hydrogen-bond acceptors (Lipinski definition) is 2. The van der Waals surface area contributed by atoms with Crippen molar-refractivity contribution in [1.82, 2.24) is 19.9 Å². The second-order valence-electron chi connectivity index (χ2n) is 14.0. The fourth-order valence-electron chi connectivity index (χ4n) is 8.91. The number of nitrogens with zero attached hydrogens (tertiary/aromatic N) is 2. The van der Waals surface area contributed by atoms with Crippen molar-refractivity contribution in [3.63, 3.8) is 0 Å². The molecule has 0 amide bonds. The normalized spacial score (nSPS) is 13.3. The molecule has 50 heavy (non-hydrogen) atoms. The van der Waals surface area contributed by atoms with Crippen LogP contribution in [-0.4, -0.2) is 24.4 Å². The van der Waals surface area contributed by atoms with Gasteiger partial charge in [0.1, 0.15) is 0 Å². The van der Waals surface area contributed by atoms with E-state index in [0.717, 1.165) is 86.4 Å². The molecule has 8 bridgehead atoms. The highest BCUT2D eigenvalue weighted by molar-refractivity contribution is 14.1. The highest BCUT2D eigenvalue weighted by Gasteiger charge is 2.27. The topological polar surface area (TPSA) is 57.4 Å². The minimum Gasteiger partial charge on any atom is -0.355 e. The summed E-state index contributed by atoms with van der Waals surface area (Å²) < 4.78 is 1.12. The minimum absolute atomic E-state index is 0.977. The number of halogens is 1. The first-order chi connectivity index (χ1) is 24.4. The number of allylic oxidation sites excluding steroid dienone is 4. The van der Waals surface area contributed by atoms with Gasteiger partial charge in [-0.2, -0.15) is 0 Å². The maximum Gasteiger partial charge on any atom is 0.0726 e. The first-order valence-electron chi connectivity index (χ1n) is 20.2.